The Hall–Kier alpha value is -1.66. The number of amides is 1. The molecule has 0 saturated carbocycles. The van der Waals surface area contributed by atoms with Crippen LogP contribution in [-0.2, 0) is 11.2 Å². The van der Waals surface area contributed by atoms with Crippen LogP contribution in [0.5, 0.6) is 5.75 Å². The first kappa shape index (κ1) is 19.7. The lowest BCUT2D eigenvalue weighted by Crippen LogP contribution is -2.12. The highest BCUT2D eigenvalue weighted by Gasteiger charge is 2.15. The predicted molar refractivity (Wildman–Crippen MR) is 103 cm³/mol. The van der Waals surface area contributed by atoms with Gasteiger partial charge in [-0.3, -0.25) is 4.79 Å². The van der Waals surface area contributed by atoms with E-state index in [0.717, 1.165) is 22.7 Å². The molecule has 1 N–H and O–H groups in total. The third kappa shape index (κ3) is 7.00. The fourth-order valence-electron chi connectivity index (χ4n) is 2.20. The summed E-state index contributed by atoms with van der Waals surface area (Å²) in [5.74, 6) is 0.718. The third-order valence-corrected chi connectivity index (χ3v) is 4.41. The molecule has 25 heavy (non-hydrogen) atoms. The smallest absolute Gasteiger partial charge is 0.226 e. The van der Waals surface area contributed by atoms with Crippen molar-refractivity contribution in [1.82, 2.24) is 10.2 Å². The Morgan fingerprint density at radius 2 is 2.08 bits per heavy atom. The fraction of sp³-hybridized carbons (Fsp3) is 0.500. The second-order valence-corrected chi connectivity index (χ2v) is 8.65. The Bertz CT molecular complexity index is 725. The number of aromatic nitrogens is 2. The van der Waals surface area contributed by atoms with Crippen LogP contribution >= 0.6 is 22.9 Å². The summed E-state index contributed by atoms with van der Waals surface area (Å²) < 4.78 is 5.69. The van der Waals surface area contributed by atoms with Gasteiger partial charge in [0.05, 0.1) is 6.61 Å². The molecule has 2 rings (SSSR count). The van der Waals surface area contributed by atoms with Gasteiger partial charge < -0.3 is 10.1 Å². The average molecular weight is 382 g/mol. The Morgan fingerprint density at radius 3 is 2.76 bits per heavy atom. The summed E-state index contributed by atoms with van der Waals surface area (Å²) in [4.78, 5) is 12.0. The van der Waals surface area contributed by atoms with Crippen LogP contribution in [0, 0.1) is 12.3 Å². The molecular formula is C18H24ClN3O2S. The molecule has 1 aromatic carbocycles. The van der Waals surface area contributed by atoms with Crippen molar-refractivity contribution in [3.8, 4) is 5.75 Å². The van der Waals surface area contributed by atoms with Gasteiger partial charge in [0.25, 0.3) is 0 Å². The summed E-state index contributed by atoms with van der Waals surface area (Å²) >= 11 is 7.34. The minimum absolute atomic E-state index is 0.0742. The van der Waals surface area contributed by atoms with E-state index >= 15 is 0 Å². The Balaban J connectivity index is 1.72. The van der Waals surface area contributed by atoms with E-state index in [0.29, 0.717) is 29.6 Å². The number of benzene rings is 1. The predicted octanol–water partition coefficient (Wildman–Crippen LogP) is 4.89. The van der Waals surface area contributed by atoms with E-state index in [1.165, 1.54) is 11.3 Å². The first-order valence-electron chi connectivity index (χ1n) is 8.24. The molecule has 0 unspecified atom stereocenters. The molecule has 2 aromatic rings. The van der Waals surface area contributed by atoms with Gasteiger partial charge in [-0.15, -0.1) is 10.2 Å². The minimum Gasteiger partial charge on any atom is -0.493 e. The summed E-state index contributed by atoms with van der Waals surface area (Å²) in [6.07, 6.45) is 1.84. The largest absolute Gasteiger partial charge is 0.493 e. The SMILES string of the molecule is Cc1cc(Cl)ccc1OCCCC(=O)Nc1nnc(CC(C)(C)C)s1. The molecule has 1 aromatic heterocycles. The number of carbonyl (C=O) groups is 1. The number of carbonyl (C=O) groups excluding carboxylic acids is 1. The number of rotatable bonds is 7. The van der Waals surface area contributed by atoms with Crippen LogP contribution in [0.2, 0.25) is 5.02 Å². The van der Waals surface area contributed by atoms with E-state index in [9.17, 15) is 4.79 Å². The highest BCUT2D eigenvalue weighted by Crippen LogP contribution is 2.25. The number of halogens is 1. The van der Waals surface area contributed by atoms with Crippen LogP contribution in [0.15, 0.2) is 18.2 Å². The van der Waals surface area contributed by atoms with Gasteiger partial charge in [0.15, 0.2) is 0 Å². The van der Waals surface area contributed by atoms with Crippen molar-refractivity contribution >= 4 is 34.0 Å². The van der Waals surface area contributed by atoms with E-state index < -0.39 is 0 Å². The summed E-state index contributed by atoms with van der Waals surface area (Å²) in [6.45, 7) is 8.86. The highest BCUT2D eigenvalue weighted by molar-refractivity contribution is 7.15. The lowest BCUT2D eigenvalue weighted by atomic mass is 9.93. The molecule has 0 aliphatic carbocycles. The second kappa shape index (κ2) is 8.63. The van der Waals surface area contributed by atoms with Crippen LogP contribution in [0.3, 0.4) is 0 Å². The van der Waals surface area contributed by atoms with E-state index in [1.54, 1.807) is 6.07 Å². The quantitative estimate of drug-likeness (QED) is 0.693. The number of ether oxygens (including phenoxy) is 1. The molecule has 1 heterocycles. The molecule has 5 nitrogen and oxygen atoms in total. The maximum Gasteiger partial charge on any atom is 0.226 e. The van der Waals surface area contributed by atoms with Crippen molar-refractivity contribution in [2.24, 2.45) is 5.41 Å². The number of nitrogens with one attached hydrogen (secondary N) is 1. The van der Waals surface area contributed by atoms with Gasteiger partial charge in [-0.1, -0.05) is 43.7 Å². The topological polar surface area (TPSA) is 64.1 Å². The van der Waals surface area contributed by atoms with Crippen molar-refractivity contribution in [2.45, 2.75) is 47.0 Å². The molecule has 0 bridgehead atoms. The van der Waals surface area contributed by atoms with Gasteiger partial charge in [0.2, 0.25) is 11.0 Å². The Kier molecular flexibility index (Phi) is 6.79. The van der Waals surface area contributed by atoms with Gasteiger partial charge in [0, 0.05) is 17.9 Å². The molecule has 0 radical (unpaired) electrons. The van der Waals surface area contributed by atoms with E-state index in [4.69, 9.17) is 16.3 Å². The number of hydrogen-bond donors (Lipinski definition) is 1. The van der Waals surface area contributed by atoms with E-state index in [2.05, 4.69) is 36.3 Å². The molecular weight excluding hydrogens is 358 g/mol. The monoisotopic (exact) mass is 381 g/mol. The van der Waals surface area contributed by atoms with Gasteiger partial charge in [0.1, 0.15) is 10.8 Å². The number of hydrogen-bond acceptors (Lipinski definition) is 5. The summed E-state index contributed by atoms with van der Waals surface area (Å²) in [5.41, 5.74) is 1.13. The average Bonchev–Trinajstić information content (AvgIpc) is 2.90. The Labute approximate surface area is 157 Å². The van der Waals surface area contributed by atoms with E-state index in [-0.39, 0.29) is 11.3 Å². The molecule has 0 fully saturated rings. The van der Waals surface area contributed by atoms with Gasteiger partial charge >= 0.3 is 0 Å². The first-order valence-corrected chi connectivity index (χ1v) is 9.43. The maximum absolute atomic E-state index is 12.0. The lowest BCUT2D eigenvalue weighted by Gasteiger charge is -2.14. The normalized spacial score (nSPS) is 11.4. The van der Waals surface area contributed by atoms with Gasteiger partial charge in [-0.25, -0.2) is 0 Å². The van der Waals surface area contributed by atoms with Crippen LogP contribution in [0.1, 0.15) is 44.2 Å². The maximum atomic E-state index is 12.0. The van der Waals surface area contributed by atoms with Crippen molar-refractivity contribution in [2.75, 3.05) is 11.9 Å². The zero-order valence-corrected chi connectivity index (χ0v) is 16.6. The molecule has 0 spiro atoms. The van der Waals surface area contributed by atoms with Gasteiger partial charge in [-0.2, -0.15) is 0 Å². The number of anilines is 1. The minimum atomic E-state index is -0.0742. The van der Waals surface area contributed by atoms with Crippen LogP contribution in [0.25, 0.3) is 0 Å². The van der Waals surface area contributed by atoms with Crippen molar-refractivity contribution < 1.29 is 9.53 Å². The molecule has 7 heteroatoms. The van der Waals surface area contributed by atoms with Crippen molar-refractivity contribution in [3.05, 3.63) is 33.8 Å². The van der Waals surface area contributed by atoms with Crippen LogP contribution < -0.4 is 10.1 Å². The molecule has 0 saturated heterocycles. The molecule has 0 aliphatic rings. The standard InChI is InChI=1S/C18H24ClN3O2S/c1-12-10-13(19)7-8-14(12)24-9-5-6-15(23)20-17-22-21-16(25-17)11-18(2,3)4/h7-8,10H,5-6,9,11H2,1-4H3,(H,20,22,23). The third-order valence-electron chi connectivity index (χ3n) is 3.34. The molecule has 0 aliphatic heterocycles. The summed E-state index contributed by atoms with van der Waals surface area (Å²) in [6, 6.07) is 5.49. The second-order valence-electron chi connectivity index (χ2n) is 7.15. The molecule has 0 atom stereocenters. The van der Waals surface area contributed by atoms with E-state index in [1.807, 2.05) is 19.1 Å². The lowest BCUT2D eigenvalue weighted by molar-refractivity contribution is -0.116. The number of nitrogens with zero attached hydrogens (tertiary/aromatic N) is 2. The molecule has 1 amide bonds. The summed E-state index contributed by atoms with van der Waals surface area (Å²) in [7, 11) is 0. The highest BCUT2D eigenvalue weighted by atomic mass is 35.5. The zero-order valence-electron chi connectivity index (χ0n) is 15.1. The zero-order chi connectivity index (χ0) is 18.4. The Morgan fingerprint density at radius 1 is 1.32 bits per heavy atom. The number of aryl methyl sites for hydroxylation is 1. The van der Waals surface area contributed by atoms with Crippen LogP contribution in [-0.4, -0.2) is 22.7 Å². The summed E-state index contributed by atoms with van der Waals surface area (Å²) in [5, 5.41) is 13.1. The van der Waals surface area contributed by atoms with Crippen molar-refractivity contribution in [3.63, 3.8) is 0 Å². The first-order chi connectivity index (χ1) is 11.7. The molecule has 136 valence electrons. The fourth-order valence-corrected chi connectivity index (χ4v) is 3.48. The van der Waals surface area contributed by atoms with Crippen molar-refractivity contribution in [1.29, 1.82) is 0 Å². The van der Waals surface area contributed by atoms with Gasteiger partial charge in [-0.05, 0) is 42.5 Å². The van der Waals surface area contributed by atoms with Crippen LogP contribution in [0.4, 0.5) is 5.13 Å².